The molecule has 2 amide bonds. The van der Waals surface area contributed by atoms with Gasteiger partial charge >= 0.3 is 6.09 Å². The summed E-state index contributed by atoms with van der Waals surface area (Å²) < 4.78 is 16.5. The average Bonchev–Trinajstić information content (AvgIpc) is 3.19. The van der Waals surface area contributed by atoms with Gasteiger partial charge in [0, 0.05) is 18.5 Å². The van der Waals surface area contributed by atoms with Crippen molar-refractivity contribution in [3.8, 4) is 11.5 Å². The summed E-state index contributed by atoms with van der Waals surface area (Å²) in [6.45, 7) is 8.13. The number of amides is 2. The van der Waals surface area contributed by atoms with E-state index in [2.05, 4.69) is 5.32 Å². The first kappa shape index (κ1) is 23.2. The molecule has 1 aliphatic carbocycles. The lowest BCUT2D eigenvalue weighted by atomic mass is 9.81. The Kier molecular flexibility index (Phi) is 7.02. The third kappa shape index (κ3) is 5.83. The van der Waals surface area contributed by atoms with Gasteiger partial charge in [-0.1, -0.05) is 46.1 Å². The molecule has 1 saturated carbocycles. The van der Waals surface area contributed by atoms with Gasteiger partial charge in [-0.05, 0) is 43.9 Å². The molecule has 3 rings (SSSR count). The van der Waals surface area contributed by atoms with Crippen LogP contribution in [0.15, 0.2) is 18.2 Å². The maximum Gasteiger partial charge on any atom is 0.409 e. The van der Waals surface area contributed by atoms with Gasteiger partial charge < -0.3 is 24.4 Å². The summed E-state index contributed by atoms with van der Waals surface area (Å²) in [5.41, 5.74) is 0.113. The smallest absolute Gasteiger partial charge is 0.409 e. The SMILES string of the molecule is CC(Cc1ccc2c(c1)OCO2)N(C)C(=O)OCC1(NC(=O)C(C)(C)C)CCCCC1. The topological polar surface area (TPSA) is 77.1 Å². The first-order chi connectivity index (χ1) is 14.6. The quantitative estimate of drug-likeness (QED) is 0.726. The lowest BCUT2D eigenvalue weighted by Gasteiger charge is -2.39. The number of hydrogen-bond acceptors (Lipinski definition) is 5. The predicted molar refractivity (Wildman–Crippen MR) is 118 cm³/mol. The van der Waals surface area contributed by atoms with Crippen molar-refractivity contribution in [2.75, 3.05) is 20.4 Å². The van der Waals surface area contributed by atoms with Crippen LogP contribution in [-0.4, -0.2) is 48.9 Å². The fourth-order valence-electron chi connectivity index (χ4n) is 3.99. The first-order valence-electron chi connectivity index (χ1n) is 11.2. The monoisotopic (exact) mass is 432 g/mol. The standard InChI is InChI=1S/C24H36N2O5/c1-17(13-18-9-10-19-20(14-18)31-16-30-19)26(5)22(28)29-15-24(11-7-6-8-12-24)25-21(27)23(2,3)4/h9-10,14,17H,6-8,11-13,15-16H2,1-5H3,(H,25,27). The predicted octanol–water partition coefficient (Wildman–Crippen LogP) is 4.28. The number of benzene rings is 1. The maximum atomic E-state index is 12.8. The summed E-state index contributed by atoms with van der Waals surface area (Å²) in [4.78, 5) is 27.0. The van der Waals surface area contributed by atoms with E-state index in [0.717, 1.165) is 49.2 Å². The van der Waals surface area contributed by atoms with E-state index < -0.39 is 11.0 Å². The van der Waals surface area contributed by atoms with Gasteiger partial charge in [-0.3, -0.25) is 4.79 Å². The molecule has 0 bridgehead atoms. The van der Waals surface area contributed by atoms with Crippen LogP contribution in [0.2, 0.25) is 0 Å². The van der Waals surface area contributed by atoms with Crippen molar-refractivity contribution in [1.29, 1.82) is 0 Å². The van der Waals surface area contributed by atoms with E-state index in [4.69, 9.17) is 14.2 Å². The van der Waals surface area contributed by atoms with Gasteiger partial charge in [0.2, 0.25) is 12.7 Å². The van der Waals surface area contributed by atoms with Crippen LogP contribution in [0, 0.1) is 5.41 Å². The van der Waals surface area contributed by atoms with Crippen LogP contribution < -0.4 is 14.8 Å². The van der Waals surface area contributed by atoms with Crippen LogP contribution in [0.1, 0.15) is 65.4 Å². The highest BCUT2D eigenvalue weighted by molar-refractivity contribution is 5.82. The van der Waals surface area contributed by atoms with Gasteiger partial charge in [0.15, 0.2) is 11.5 Å². The molecule has 1 aromatic rings. The Morgan fingerprint density at radius 1 is 1.16 bits per heavy atom. The summed E-state index contributed by atoms with van der Waals surface area (Å²) in [6, 6.07) is 5.78. The van der Waals surface area contributed by atoms with Gasteiger partial charge in [-0.25, -0.2) is 4.79 Å². The third-order valence-electron chi connectivity index (χ3n) is 6.26. The zero-order valence-electron chi connectivity index (χ0n) is 19.5. The third-order valence-corrected chi connectivity index (χ3v) is 6.26. The second kappa shape index (κ2) is 9.37. The number of nitrogens with zero attached hydrogens (tertiary/aromatic N) is 1. The summed E-state index contributed by atoms with van der Waals surface area (Å²) in [6.07, 6.45) is 5.17. The molecule has 31 heavy (non-hydrogen) atoms. The van der Waals surface area contributed by atoms with Crippen molar-refractivity contribution >= 4 is 12.0 Å². The Morgan fingerprint density at radius 2 is 1.84 bits per heavy atom. The van der Waals surface area contributed by atoms with Gasteiger partial charge in [0.1, 0.15) is 6.61 Å². The average molecular weight is 433 g/mol. The van der Waals surface area contributed by atoms with E-state index >= 15 is 0 Å². The molecule has 0 radical (unpaired) electrons. The molecule has 7 nitrogen and oxygen atoms in total. The van der Waals surface area contributed by atoms with Crippen molar-refractivity contribution in [2.45, 2.75) is 77.8 Å². The highest BCUT2D eigenvalue weighted by Crippen LogP contribution is 2.33. The van der Waals surface area contributed by atoms with Gasteiger partial charge in [-0.15, -0.1) is 0 Å². The molecule has 2 aliphatic rings. The van der Waals surface area contributed by atoms with E-state index in [1.54, 1.807) is 11.9 Å². The normalized spacial score (nSPS) is 18.2. The lowest BCUT2D eigenvalue weighted by Crippen LogP contribution is -2.56. The number of fused-ring (bicyclic) bond motifs is 1. The fourth-order valence-corrected chi connectivity index (χ4v) is 3.99. The number of hydrogen-bond donors (Lipinski definition) is 1. The van der Waals surface area contributed by atoms with Crippen LogP contribution in [0.25, 0.3) is 0 Å². The molecule has 1 aromatic carbocycles. The minimum absolute atomic E-state index is 0.00465. The molecule has 1 fully saturated rings. The largest absolute Gasteiger partial charge is 0.454 e. The van der Waals surface area contributed by atoms with Crippen molar-refractivity contribution in [2.24, 2.45) is 5.41 Å². The molecule has 7 heteroatoms. The van der Waals surface area contributed by atoms with Gasteiger partial charge in [-0.2, -0.15) is 0 Å². The molecule has 1 aliphatic heterocycles. The molecule has 1 heterocycles. The van der Waals surface area contributed by atoms with Crippen molar-refractivity contribution < 1.29 is 23.8 Å². The Bertz CT molecular complexity index is 796. The molecule has 172 valence electrons. The number of nitrogens with one attached hydrogen (secondary N) is 1. The number of ether oxygens (including phenoxy) is 3. The van der Waals surface area contributed by atoms with E-state index in [1.165, 1.54) is 0 Å². The minimum atomic E-state index is -0.482. The zero-order chi connectivity index (χ0) is 22.6. The van der Waals surface area contributed by atoms with Crippen molar-refractivity contribution in [1.82, 2.24) is 10.2 Å². The second-order valence-corrected chi connectivity index (χ2v) is 9.95. The molecular weight excluding hydrogens is 396 g/mol. The molecule has 1 atom stereocenters. The molecular formula is C24H36N2O5. The number of carbonyl (C=O) groups excluding carboxylic acids is 2. The van der Waals surface area contributed by atoms with E-state index in [9.17, 15) is 9.59 Å². The van der Waals surface area contributed by atoms with Crippen LogP contribution in [-0.2, 0) is 16.0 Å². The summed E-state index contributed by atoms with van der Waals surface area (Å²) in [7, 11) is 1.75. The Hall–Kier alpha value is -2.44. The lowest BCUT2D eigenvalue weighted by molar-refractivity contribution is -0.131. The summed E-state index contributed by atoms with van der Waals surface area (Å²) >= 11 is 0. The zero-order valence-corrected chi connectivity index (χ0v) is 19.5. The first-order valence-corrected chi connectivity index (χ1v) is 11.2. The van der Waals surface area contributed by atoms with Crippen LogP contribution >= 0.6 is 0 Å². The molecule has 0 saturated heterocycles. The Morgan fingerprint density at radius 3 is 2.52 bits per heavy atom. The molecule has 1 N–H and O–H groups in total. The molecule has 1 unspecified atom stereocenters. The van der Waals surface area contributed by atoms with Crippen LogP contribution in [0.5, 0.6) is 11.5 Å². The highest BCUT2D eigenvalue weighted by atomic mass is 16.7. The summed E-state index contributed by atoms with van der Waals surface area (Å²) in [5, 5.41) is 3.20. The van der Waals surface area contributed by atoms with Crippen molar-refractivity contribution in [3.63, 3.8) is 0 Å². The van der Waals surface area contributed by atoms with E-state index in [1.807, 2.05) is 45.9 Å². The number of carbonyl (C=O) groups is 2. The maximum absolute atomic E-state index is 12.8. The van der Waals surface area contributed by atoms with E-state index in [0.29, 0.717) is 6.42 Å². The molecule has 0 aromatic heterocycles. The minimum Gasteiger partial charge on any atom is -0.454 e. The molecule has 0 spiro atoms. The number of rotatable bonds is 6. The van der Waals surface area contributed by atoms with Gasteiger partial charge in [0.05, 0.1) is 5.54 Å². The summed E-state index contributed by atoms with van der Waals surface area (Å²) in [5.74, 6) is 1.48. The van der Waals surface area contributed by atoms with Gasteiger partial charge in [0.25, 0.3) is 0 Å². The van der Waals surface area contributed by atoms with E-state index in [-0.39, 0.29) is 31.4 Å². The highest BCUT2D eigenvalue weighted by Gasteiger charge is 2.38. The second-order valence-electron chi connectivity index (χ2n) is 9.95. The van der Waals surface area contributed by atoms with Crippen LogP contribution in [0.4, 0.5) is 4.79 Å². The number of likely N-dealkylation sites (N-methyl/N-ethyl adjacent to an activating group) is 1. The fraction of sp³-hybridized carbons (Fsp3) is 0.667. The Labute approximate surface area is 185 Å². The Balaban J connectivity index is 1.57. The van der Waals surface area contributed by atoms with Crippen molar-refractivity contribution in [3.05, 3.63) is 23.8 Å². The van der Waals surface area contributed by atoms with Crippen LogP contribution in [0.3, 0.4) is 0 Å².